The van der Waals surface area contributed by atoms with Gasteiger partial charge in [0.05, 0.1) is 7.11 Å². The highest BCUT2D eigenvalue weighted by Crippen LogP contribution is 2.23. The summed E-state index contributed by atoms with van der Waals surface area (Å²) < 4.78 is 10.7. The van der Waals surface area contributed by atoms with Gasteiger partial charge in [0, 0.05) is 23.7 Å². The summed E-state index contributed by atoms with van der Waals surface area (Å²) in [5.41, 5.74) is 1.99. The van der Waals surface area contributed by atoms with Crippen LogP contribution in [-0.4, -0.2) is 17.1 Å². The van der Waals surface area contributed by atoms with Gasteiger partial charge in [-0.15, -0.1) is 0 Å². The molecule has 88 valence electrons. The lowest BCUT2D eigenvalue weighted by Gasteiger charge is -2.08. The topological polar surface area (TPSA) is 44.2 Å². The van der Waals surface area contributed by atoms with Crippen molar-refractivity contribution in [3.8, 4) is 11.6 Å². The zero-order valence-electron chi connectivity index (χ0n) is 9.88. The summed E-state index contributed by atoms with van der Waals surface area (Å²) in [4.78, 5) is 8.32. The van der Waals surface area contributed by atoms with Crippen molar-refractivity contribution in [1.29, 1.82) is 0 Å². The molecular weight excluding hydrogens is 216 g/mol. The van der Waals surface area contributed by atoms with E-state index in [0.717, 1.165) is 11.3 Å². The summed E-state index contributed by atoms with van der Waals surface area (Å²) in [6.07, 6.45) is 3.47. The van der Waals surface area contributed by atoms with Crippen LogP contribution in [0.5, 0.6) is 11.6 Å². The third-order valence-electron chi connectivity index (χ3n) is 2.30. The summed E-state index contributed by atoms with van der Waals surface area (Å²) >= 11 is 0. The molecule has 0 aromatic carbocycles. The van der Waals surface area contributed by atoms with E-state index in [0.29, 0.717) is 18.2 Å². The molecule has 0 aliphatic rings. The van der Waals surface area contributed by atoms with Gasteiger partial charge < -0.3 is 9.47 Å². The predicted octanol–water partition coefficient (Wildman–Crippen LogP) is 2.37. The van der Waals surface area contributed by atoms with Gasteiger partial charge in [-0.1, -0.05) is 6.07 Å². The molecule has 2 rings (SSSR count). The number of ether oxygens (including phenoxy) is 2. The fraction of sp³-hybridized carbons (Fsp3) is 0.231. The number of hydrogen-bond donors (Lipinski definition) is 0. The van der Waals surface area contributed by atoms with Crippen LogP contribution in [0.1, 0.15) is 11.3 Å². The van der Waals surface area contributed by atoms with Crippen molar-refractivity contribution in [2.75, 3.05) is 7.11 Å². The van der Waals surface area contributed by atoms with Gasteiger partial charge in [0.25, 0.3) is 5.88 Å². The van der Waals surface area contributed by atoms with Crippen molar-refractivity contribution >= 4 is 0 Å². The highest BCUT2D eigenvalue weighted by Gasteiger charge is 2.04. The summed E-state index contributed by atoms with van der Waals surface area (Å²) in [7, 11) is 1.59. The van der Waals surface area contributed by atoms with Gasteiger partial charge in [0.1, 0.15) is 6.61 Å². The molecule has 2 aromatic rings. The molecule has 0 fully saturated rings. The standard InChI is InChI=1S/C13H14N2O2/c1-10-5-6-11(8-15-10)9-17-13-12(16-2)4-3-7-14-13/h3-8H,9H2,1-2H3. The molecule has 0 saturated carbocycles. The normalized spacial score (nSPS) is 10.0. The maximum Gasteiger partial charge on any atom is 0.257 e. The van der Waals surface area contributed by atoms with Gasteiger partial charge in [-0.2, -0.15) is 0 Å². The fourth-order valence-electron chi connectivity index (χ4n) is 1.38. The number of aryl methyl sites for hydroxylation is 1. The molecule has 0 radical (unpaired) electrons. The van der Waals surface area contributed by atoms with Gasteiger partial charge in [-0.05, 0) is 25.1 Å². The number of methoxy groups -OCH3 is 1. The van der Waals surface area contributed by atoms with E-state index in [1.807, 2.05) is 25.1 Å². The molecule has 0 N–H and O–H groups in total. The first-order chi connectivity index (χ1) is 8.29. The van der Waals surface area contributed by atoms with E-state index < -0.39 is 0 Å². The second kappa shape index (κ2) is 5.30. The monoisotopic (exact) mass is 230 g/mol. The Kier molecular flexibility index (Phi) is 3.55. The Morgan fingerprint density at radius 1 is 1.18 bits per heavy atom. The van der Waals surface area contributed by atoms with Crippen molar-refractivity contribution in [1.82, 2.24) is 9.97 Å². The van der Waals surface area contributed by atoms with Crippen LogP contribution in [0.3, 0.4) is 0 Å². The Morgan fingerprint density at radius 3 is 2.76 bits per heavy atom. The molecule has 2 heterocycles. The molecule has 4 heteroatoms. The minimum Gasteiger partial charge on any atom is -0.491 e. The van der Waals surface area contributed by atoms with Crippen molar-refractivity contribution in [3.63, 3.8) is 0 Å². The first kappa shape index (κ1) is 11.4. The minimum absolute atomic E-state index is 0.431. The molecule has 0 aliphatic heterocycles. The Labute approximate surface area is 100 Å². The Balaban J connectivity index is 2.04. The average Bonchev–Trinajstić information content (AvgIpc) is 2.38. The maximum absolute atomic E-state index is 5.58. The third kappa shape index (κ3) is 2.93. The molecule has 17 heavy (non-hydrogen) atoms. The maximum atomic E-state index is 5.58. The van der Waals surface area contributed by atoms with E-state index in [4.69, 9.17) is 9.47 Å². The summed E-state index contributed by atoms with van der Waals surface area (Å²) in [6, 6.07) is 7.56. The van der Waals surface area contributed by atoms with Crippen LogP contribution < -0.4 is 9.47 Å². The van der Waals surface area contributed by atoms with E-state index in [9.17, 15) is 0 Å². The van der Waals surface area contributed by atoms with Crippen LogP contribution in [0.25, 0.3) is 0 Å². The molecule has 0 bridgehead atoms. The second-order valence-electron chi connectivity index (χ2n) is 3.61. The third-order valence-corrected chi connectivity index (χ3v) is 2.30. The number of hydrogen-bond acceptors (Lipinski definition) is 4. The molecule has 0 spiro atoms. The van der Waals surface area contributed by atoms with Gasteiger partial charge >= 0.3 is 0 Å². The van der Waals surface area contributed by atoms with Gasteiger partial charge in [-0.25, -0.2) is 4.98 Å². The van der Waals surface area contributed by atoms with Gasteiger partial charge in [0.15, 0.2) is 5.75 Å². The van der Waals surface area contributed by atoms with Crippen molar-refractivity contribution < 1.29 is 9.47 Å². The highest BCUT2D eigenvalue weighted by molar-refractivity contribution is 5.32. The fourth-order valence-corrected chi connectivity index (χ4v) is 1.38. The minimum atomic E-state index is 0.431. The number of pyridine rings is 2. The van der Waals surface area contributed by atoms with E-state index in [1.165, 1.54) is 0 Å². The number of aromatic nitrogens is 2. The van der Waals surface area contributed by atoms with Crippen LogP contribution in [0.4, 0.5) is 0 Å². The van der Waals surface area contributed by atoms with E-state index >= 15 is 0 Å². The SMILES string of the molecule is COc1cccnc1OCc1ccc(C)nc1. The molecule has 0 atom stereocenters. The molecule has 0 unspecified atom stereocenters. The molecule has 4 nitrogen and oxygen atoms in total. The summed E-state index contributed by atoms with van der Waals surface area (Å²) in [5, 5.41) is 0. The number of nitrogens with zero attached hydrogens (tertiary/aromatic N) is 2. The zero-order valence-corrected chi connectivity index (χ0v) is 9.88. The lowest BCUT2D eigenvalue weighted by Crippen LogP contribution is -2.00. The quantitative estimate of drug-likeness (QED) is 0.808. The summed E-state index contributed by atoms with van der Waals surface area (Å²) in [6.45, 7) is 2.38. The highest BCUT2D eigenvalue weighted by atomic mass is 16.5. The predicted molar refractivity (Wildman–Crippen MR) is 64.1 cm³/mol. The van der Waals surface area contributed by atoms with E-state index in [-0.39, 0.29) is 0 Å². The summed E-state index contributed by atoms with van der Waals surface area (Å²) in [5.74, 6) is 1.13. The van der Waals surface area contributed by atoms with Crippen LogP contribution in [0.15, 0.2) is 36.7 Å². The first-order valence-electron chi connectivity index (χ1n) is 5.33. The van der Waals surface area contributed by atoms with Crippen LogP contribution in [-0.2, 0) is 6.61 Å². The van der Waals surface area contributed by atoms with Gasteiger partial charge in [0.2, 0.25) is 0 Å². The Hall–Kier alpha value is -2.10. The molecule has 0 saturated heterocycles. The van der Waals surface area contributed by atoms with Crippen molar-refractivity contribution in [2.45, 2.75) is 13.5 Å². The number of rotatable bonds is 4. The van der Waals surface area contributed by atoms with E-state index in [2.05, 4.69) is 9.97 Å². The zero-order chi connectivity index (χ0) is 12.1. The largest absolute Gasteiger partial charge is 0.491 e. The van der Waals surface area contributed by atoms with Crippen LogP contribution >= 0.6 is 0 Å². The van der Waals surface area contributed by atoms with E-state index in [1.54, 1.807) is 25.6 Å². The average molecular weight is 230 g/mol. The first-order valence-corrected chi connectivity index (χ1v) is 5.33. The molecule has 2 aromatic heterocycles. The lowest BCUT2D eigenvalue weighted by atomic mass is 10.3. The van der Waals surface area contributed by atoms with Gasteiger partial charge in [-0.3, -0.25) is 4.98 Å². The molecular formula is C13H14N2O2. The lowest BCUT2D eigenvalue weighted by molar-refractivity contribution is 0.272. The second-order valence-corrected chi connectivity index (χ2v) is 3.61. The molecule has 0 amide bonds. The Morgan fingerprint density at radius 2 is 2.06 bits per heavy atom. The molecule has 0 aliphatic carbocycles. The van der Waals surface area contributed by atoms with Crippen molar-refractivity contribution in [2.24, 2.45) is 0 Å². The Bertz CT molecular complexity index is 483. The smallest absolute Gasteiger partial charge is 0.257 e. The van der Waals surface area contributed by atoms with Crippen molar-refractivity contribution in [3.05, 3.63) is 47.9 Å². The van der Waals surface area contributed by atoms with Crippen LogP contribution in [0.2, 0.25) is 0 Å². The van der Waals surface area contributed by atoms with Crippen LogP contribution in [0, 0.1) is 6.92 Å².